The second kappa shape index (κ2) is 3.52. The van der Waals surface area contributed by atoms with Gasteiger partial charge in [-0.15, -0.1) is 0 Å². The van der Waals surface area contributed by atoms with E-state index in [1.54, 1.807) is 12.1 Å². The zero-order valence-corrected chi connectivity index (χ0v) is 6.19. The van der Waals surface area contributed by atoms with E-state index in [-0.39, 0.29) is 5.57 Å². The summed E-state index contributed by atoms with van der Waals surface area (Å²) in [7, 11) is 0. The first-order valence-corrected chi connectivity index (χ1v) is 3.24. The minimum atomic E-state index is -0.763. The van der Waals surface area contributed by atoms with Crippen LogP contribution >= 0.6 is 0 Å². The molecule has 62 valence electrons. The van der Waals surface area contributed by atoms with E-state index in [0.717, 1.165) is 0 Å². The van der Waals surface area contributed by atoms with Gasteiger partial charge in [0.2, 0.25) is 0 Å². The lowest BCUT2D eigenvalue weighted by Gasteiger charge is -1.89. The fourth-order valence-electron chi connectivity index (χ4n) is 0.690. The van der Waals surface area contributed by atoms with Gasteiger partial charge in [-0.2, -0.15) is 0 Å². The first kappa shape index (κ1) is 8.26. The minimum Gasteiger partial charge on any atom is -0.465 e. The number of amides is 1. The molecule has 0 radical (unpaired) electrons. The fraction of sp³-hybridized carbons (Fsp3) is 0. The molecule has 0 atom stereocenters. The van der Waals surface area contributed by atoms with E-state index in [0.29, 0.717) is 12.0 Å². The molecule has 1 amide bonds. The van der Waals surface area contributed by atoms with Gasteiger partial charge in [0, 0.05) is 0 Å². The summed E-state index contributed by atoms with van der Waals surface area (Å²) in [5, 5.41) is 0. The summed E-state index contributed by atoms with van der Waals surface area (Å²) in [6, 6.07) is 3.27. The van der Waals surface area contributed by atoms with Crippen LogP contribution in [0, 0.1) is 0 Å². The SMILES string of the molecule is NC(=O)/C(C=O)=C/c1ccco1. The maximum absolute atomic E-state index is 10.5. The van der Waals surface area contributed by atoms with Crippen LogP contribution in [0.5, 0.6) is 0 Å². The third-order valence-electron chi connectivity index (χ3n) is 1.25. The maximum atomic E-state index is 10.5. The Morgan fingerprint density at radius 2 is 2.33 bits per heavy atom. The van der Waals surface area contributed by atoms with Crippen molar-refractivity contribution < 1.29 is 14.0 Å². The molecule has 0 aromatic carbocycles. The largest absolute Gasteiger partial charge is 0.465 e. The first-order valence-electron chi connectivity index (χ1n) is 3.24. The molecule has 0 saturated heterocycles. The molecule has 0 aliphatic carbocycles. The molecule has 0 spiro atoms. The third kappa shape index (κ3) is 1.82. The van der Waals surface area contributed by atoms with Crippen LogP contribution in [0.3, 0.4) is 0 Å². The quantitative estimate of drug-likeness (QED) is 0.304. The number of hydrogen-bond acceptors (Lipinski definition) is 3. The molecule has 0 fully saturated rings. The second-order valence-corrected chi connectivity index (χ2v) is 2.10. The van der Waals surface area contributed by atoms with Crippen LogP contribution < -0.4 is 5.73 Å². The Balaban J connectivity index is 2.93. The predicted molar refractivity (Wildman–Crippen MR) is 41.9 cm³/mol. The highest BCUT2D eigenvalue weighted by atomic mass is 16.3. The normalized spacial score (nSPS) is 11.2. The minimum absolute atomic E-state index is 0.107. The summed E-state index contributed by atoms with van der Waals surface area (Å²) in [6.07, 6.45) is 3.12. The van der Waals surface area contributed by atoms with Gasteiger partial charge in [-0.1, -0.05) is 0 Å². The van der Waals surface area contributed by atoms with Gasteiger partial charge in [-0.05, 0) is 18.2 Å². The van der Waals surface area contributed by atoms with Crippen molar-refractivity contribution in [3.8, 4) is 0 Å². The van der Waals surface area contributed by atoms with E-state index in [1.165, 1.54) is 12.3 Å². The van der Waals surface area contributed by atoms with Crippen molar-refractivity contribution in [1.82, 2.24) is 0 Å². The summed E-state index contributed by atoms with van der Waals surface area (Å²) in [6.45, 7) is 0. The van der Waals surface area contributed by atoms with Crippen LogP contribution in [0.15, 0.2) is 28.4 Å². The molecule has 0 bridgehead atoms. The molecule has 4 heteroatoms. The Morgan fingerprint density at radius 3 is 2.75 bits per heavy atom. The van der Waals surface area contributed by atoms with Crippen molar-refractivity contribution in [3.63, 3.8) is 0 Å². The van der Waals surface area contributed by atoms with Crippen molar-refractivity contribution in [1.29, 1.82) is 0 Å². The van der Waals surface area contributed by atoms with Crippen LogP contribution in [0.2, 0.25) is 0 Å². The molecular weight excluding hydrogens is 158 g/mol. The lowest BCUT2D eigenvalue weighted by molar-refractivity contribution is -0.116. The number of carbonyl (C=O) groups is 2. The highest BCUT2D eigenvalue weighted by Crippen LogP contribution is 2.05. The predicted octanol–water partition coefficient (Wildman–Crippen LogP) is 0.347. The Morgan fingerprint density at radius 1 is 1.58 bits per heavy atom. The van der Waals surface area contributed by atoms with Crippen LogP contribution in [-0.4, -0.2) is 12.2 Å². The Hall–Kier alpha value is -1.84. The van der Waals surface area contributed by atoms with Gasteiger partial charge in [-0.3, -0.25) is 9.59 Å². The molecule has 1 aromatic rings. The summed E-state index contributed by atoms with van der Waals surface area (Å²) in [4.78, 5) is 20.8. The second-order valence-electron chi connectivity index (χ2n) is 2.10. The summed E-state index contributed by atoms with van der Waals surface area (Å²) in [5.41, 5.74) is 4.78. The van der Waals surface area contributed by atoms with E-state index < -0.39 is 5.91 Å². The van der Waals surface area contributed by atoms with Crippen molar-refractivity contribution in [2.24, 2.45) is 5.73 Å². The highest BCUT2D eigenvalue weighted by molar-refractivity contribution is 6.13. The first-order chi connectivity index (χ1) is 5.74. The van der Waals surface area contributed by atoms with Crippen molar-refractivity contribution >= 4 is 18.3 Å². The molecule has 0 aliphatic rings. The zero-order valence-electron chi connectivity index (χ0n) is 6.19. The van der Waals surface area contributed by atoms with E-state index in [2.05, 4.69) is 0 Å². The summed E-state index contributed by atoms with van der Waals surface area (Å²) >= 11 is 0. The molecule has 0 aliphatic heterocycles. The number of nitrogens with two attached hydrogens (primary N) is 1. The third-order valence-corrected chi connectivity index (χ3v) is 1.25. The van der Waals surface area contributed by atoms with E-state index >= 15 is 0 Å². The van der Waals surface area contributed by atoms with Gasteiger partial charge in [0.25, 0.3) is 5.91 Å². The van der Waals surface area contributed by atoms with E-state index in [4.69, 9.17) is 10.2 Å². The lowest BCUT2D eigenvalue weighted by Crippen LogP contribution is -2.14. The molecule has 0 saturated carbocycles. The Kier molecular flexibility index (Phi) is 2.42. The zero-order chi connectivity index (χ0) is 8.97. The average Bonchev–Trinajstić information content (AvgIpc) is 2.51. The lowest BCUT2D eigenvalue weighted by atomic mass is 10.2. The van der Waals surface area contributed by atoms with E-state index in [1.807, 2.05) is 0 Å². The van der Waals surface area contributed by atoms with Gasteiger partial charge >= 0.3 is 0 Å². The van der Waals surface area contributed by atoms with Gasteiger partial charge in [0.1, 0.15) is 5.76 Å². The van der Waals surface area contributed by atoms with Crippen molar-refractivity contribution in [3.05, 3.63) is 29.7 Å². The van der Waals surface area contributed by atoms with Crippen molar-refractivity contribution in [2.75, 3.05) is 0 Å². The number of rotatable bonds is 3. The highest BCUT2D eigenvalue weighted by Gasteiger charge is 2.03. The number of aldehydes is 1. The molecule has 1 rings (SSSR count). The molecule has 2 N–H and O–H groups in total. The standard InChI is InChI=1S/C8H7NO3/c9-8(11)6(5-10)4-7-2-1-3-12-7/h1-5H,(H2,9,11)/b6-4+. The molecular formula is C8H7NO3. The Bertz CT molecular complexity index is 311. The number of carbonyl (C=O) groups excluding carboxylic acids is 2. The van der Waals surface area contributed by atoms with Gasteiger partial charge in [-0.25, -0.2) is 0 Å². The van der Waals surface area contributed by atoms with Gasteiger partial charge in [0.15, 0.2) is 6.29 Å². The van der Waals surface area contributed by atoms with Gasteiger partial charge < -0.3 is 10.2 Å². The van der Waals surface area contributed by atoms with E-state index in [9.17, 15) is 9.59 Å². The van der Waals surface area contributed by atoms with Crippen LogP contribution in [-0.2, 0) is 9.59 Å². The molecule has 12 heavy (non-hydrogen) atoms. The smallest absolute Gasteiger partial charge is 0.252 e. The number of hydrogen-bond donors (Lipinski definition) is 1. The van der Waals surface area contributed by atoms with Crippen LogP contribution in [0.1, 0.15) is 5.76 Å². The summed E-state index contributed by atoms with van der Waals surface area (Å²) in [5.74, 6) is -0.336. The molecule has 4 nitrogen and oxygen atoms in total. The topological polar surface area (TPSA) is 73.3 Å². The van der Waals surface area contributed by atoms with Crippen LogP contribution in [0.25, 0.3) is 6.08 Å². The maximum Gasteiger partial charge on any atom is 0.252 e. The fourth-order valence-corrected chi connectivity index (χ4v) is 0.690. The van der Waals surface area contributed by atoms with Gasteiger partial charge in [0.05, 0.1) is 11.8 Å². The average molecular weight is 165 g/mol. The molecule has 1 heterocycles. The monoisotopic (exact) mass is 165 g/mol. The number of furan rings is 1. The molecule has 0 unspecified atom stereocenters. The number of primary amides is 1. The van der Waals surface area contributed by atoms with Crippen LogP contribution in [0.4, 0.5) is 0 Å². The summed E-state index contributed by atoms with van der Waals surface area (Å²) < 4.78 is 4.87. The Labute approximate surface area is 68.7 Å². The molecule has 1 aromatic heterocycles. The van der Waals surface area contributed by atoms with Crippen molar-refractivity contribution in [2.45, 2.75) is 0 Å².